The molecular formula is C21H14N6O2S2. The van der Waals surface area contributed by atoms with Gasteiger partial charge in [-0.1, -0.05) is 59.9 Å². The van der Waals surface area contributed by atoms with E-state index >= 15 is 0 Å². The lowest BCUT2D eigenvalue weighted by Gasteiger charge is -1.92. The fourth-order valence-corrected chi connectivity index (χ4v) is 4.78. The first kappa shape index (κ1) is 18.3. The zero-order valence-corrected chi connectivity index (χ0v) is 17.5. The van der Waals surface area contributed by atoms with Crippen molar-refractivity contribution in [2.45, 2.75) is 10.4 Å². The number of H-pyrrole nitrogens is 2. The first-order valence-electron chi connectivity index (χ1n) is 9.41. The van der Waals surface area contributed by atoms with E-state index < -0.39 is 0 Å². The van der Waals surface area contributed by atoms with Crippen LogP contribution in [0.5, 0.6) is 0 Å². The predicted octanol–water partition coefficient (Wildman–Crippen LogP) is 5.59. The smallest absolute Gasteiger partial charge is 0.277 e. The average Bonchev–Trinajstić information content (AvgIpc) is 3.58. The lowest BCUT2D eigenvalue weighted by atomic mass is 10.2. The number of nitrogens with zero attached hydrogens (tertiary/aromatic N) is 4. The van der Waals surface area contributed by atoms with Gasteiger partial charge in [0.2, 0.25) is 0 Å². The van der Waals surface area contributed by atoms with Crippen LogP contribution in [0.1, 0.15) is 0 Å². The number of hydrogen-bond donors (Lipinski definition) is 2. The molecule has 0 unspecified atom stereocenters. The van der Waals surface area contributed by atoms with Crippen molar-refractivity contribution in [1.29, 1.82) is 0 Å². The molecular weight excluding hydrogens is 432 g/mol. The number of benzene rings is 2. The molecule has 0 aliphatic rings. The Balaban J connectivity index is 1.10. The van der Waals surface area contributed by atoms with Crippen LogP contribution in [-0.4, -0.2) is 35.4 Å². The minimum Gasteiger partial charge on any atom is -0.410 e. The van der Waals surface area contributed by atoms with E-state index in [1.807, 2.05) is 60.7 Å². The van der Waals surface area contributed by atoms with Crippen LogP contribution in [0.3, 0.4) is 0 Å². The number of aromatic nitrogens is 6. The molecule has 0 atom stereocenters. The van der Waals surface area contributed by atoms with Crippen molar-refractivity contribution < 1.29 is 8.83 Å². The van der Waals surface area contributed by atoms with E-state index in [2.05, 4.69) is 30.4 Å². The van der Waals surface area contributed by atoms with Crippen LogP contribution in [-0.2, 0) is 0 Å². The molecule has 2 aromatic carbocycles. The highest BCUT2D eigenvalue weighted by molar-refractivity contribution is 8.15. The Labute approximate surface area is 183 Å². The third-order valence-electron chi connectivity index (χ3n) is 4.70. The lowest BCUT2D eigenvalue weighted by Crippen LogP contribution is -1.76. The van der Waals surface area contributed by atoms with Gasteiger partial charge in [-0.05, 0) is 24.3 Å². The summed E-state index contributed by atoms with van der Waals surface area (Å²) in [7, 11) is 0. The van der Waals surface area contributed by atoms with Gasteiger partial charge >= 0.3 is 0 Å². The topological polar surface area (TPSA) is 109 Å². The van der Waals surface area contributed by atoms with Gasteiger partial charge in [0.1, 0.15) is 11.4 Å². The first-order chi connectivity index (χ1) is 15.3. The third-order valence-corrected chi connectivity index (χ3v) is 6.47. The molecule has 0 aliphatic heterocycles. The van der Waals surface area contributed by atoms with E-state index in [9.17, 15) is 0 Å². The molecule has 0 bridgehead atoms. The first-order valence-corrected chi connectivity index (χ1v) is 11.4. The van der Waals surface area contributed by atoms with Crippen molar-refractivity contribution in [3.63, 3.8) is 0 Å². The highest BCUT2D eigenvalue weighted by Crippen LogP contribution is 2.31. The van der Waals surface area contributed by atoms with E-state index in [1.54, 1.807) is 0 Å². The maximum Gasteiger partial charge on any atom is 0.277 e. The van der Waals surface area contributed by atoms with Crippen molar-refractivity contribution in [1.82, 2.24) is 30.4 Å². The minimum atomic E-state index is 0.461. The number of fused-ring (bicyclic) bond motifs is 2. The molecule has 0 spiro atoms. The van der Waals surface area contributed by atoms with Crippen LogP contribution in [0.15, 0.2) is 79.9 Å². The van der Waals surface area contributed by atoms with E-state index in [0.717, 1.165) is 33.2 Å². The minimum absolute atomic E-state index is 0.461. The monoisotopic (exact) mass is 446 g/mol. The van der Waals surface area contributed by atoms with Crippen molar-refractivity contribution >= 4 is 45.3 Å². The van der Waals surface area contributed by atoms with Gasteiger partial charge in [-0.2, -0.15) is 0 Å². The SMILES string of the molecule is c1ccc2[nH]c(-c3nnc(SCSc4nnc(-c5cc6ccccc6[nH]5)o4)o3)cc2c1. The molecule has 0 saturated heterocycles. The Morgan fingerprint density at radius 2 is 1.13 bits per heavy atom. The molecule has 0 amide bonds. The maximum atomic E-state index is 5.77. The fraction of sp³-hybridized carbons (Fsp3) is 0.0476. The number of rotatable bonds is 6. The molecule has 8 nitrogen and oxygen atoms in total. The number of nitrogens with one attached hydrogen (secondary N) is 2. The van der Waals surface area contributed by atoms with Crippen LogP contribution in [0.2, 0.25) is 0 Å². The molecule has 6 rings (SSSR count). The van der Waals surface area contributed by atoms with Crippen LogP contribution in [0, 0.1) is 0 Å². The molecule has 0 fully saturated rings. The summed E-state index contributed by atoms with van der Waals surface area (Å²) < 4.78 is 11.5. The summed E-state index contributed by atoms with van der Waals surface area (Å²) in [5, 5.41) is 20.3. The van der Waals surface area contributed by atoms with Gasteiger partial charge in [0.25, 0.3) is 22.2 Å². The van der Waals surface area contributed by atoms with Gasteiger partial charge in [0, 0.05) is 21.8 Å². The van der Waals surface area contributed by atoms with Crippen LogP contribution in [0.4, 0.5) is 0 Å². The van der Waals surface area contributed by atoms with E-state index in [-0.39, 0.29) is 0 Å². The number of thioether (sulfide) groups is 2. The lowest BCUT2D eigenvalue weighted by molar-refractivity contribution is 0.464. The summed E-state index contributed by atoms with van der Waals surface area (Å²) in [5.74, 6) is 0.921. The van der Waals surface area contributed by atoms with E-state index in [0.29, 0.717) is 27.3 Å². The second kappa shape index (κ2) is 7.64. The number of hydrogen-bond acceptors (Lipinski definition) is 8. The van der Waals surface area contributed by atoms with Crippen LogP contribution < -0.4 is 0 Å². The summed E-state index contributed by atoms with van der Waals surface area (Å²) in [6.45, 7) is 0. The Hall–Kier alpha value is -3.50. The average molecular weight is 447 g/mol. The second-order valence-electron chi connectivity index (χ2n) is 6.69. The quantitative estimate of drug-likeness (QED) is 0.252. The maximum absolute atomic E-state index is 5.77. The van der Waals surface area contributed by atoms with Gasteiger partial charge in [-0.15, -0.1) is 20.4 Å². The van der Waals surface area contributed by atoms with E-state index in [1.165, 1.54) is 23.5 Å². The number of aromatic amines is 2. The summed E-state index contributed by atoms with van der Waals surface area (Å²) in [5.41, 5.74) is 3.66. The fourth-order valence-electron chi connectivity index (χ4n) is 3.26. The molecule has 2 N–H and O–H groups in total. The molecule has 0 aliphatic carbocycles. The van der Waals surface area contributed by atoms with Gasteiger partial charge in [-0.3, -0.25) is 0 Å². The third kappa shape index (κ3) is 3.60. The van der Waals surface area contributed by atoms with Crippen LogP contribution >= 0.6 is 23.5 Å². The molecule has 152 valence electrons. The highest BCUT2D eigenvalue weighted by atomic mass is 32.2. The zero-order valence-electron chi connectivity index (χ0n) is 15.9. The molecule has 31 heavy (non-hydrogen) atoms. The van der Waals surface area contributed by atoms with Gasteiger partial charge in [0.15, 0.2) is 0 Å². The van der Waals surface area contributed by atoms with Crippen molar-refractivity contribution in [2.24, 2.45) is 0 Å². The van der Waals surface area contributed by atoms with Gasteiger partial charge in [-0.25, -0.2) is 0 Å². The summed E-state index contributed by atoms with van der Waals surface area (Å²) in [6.07, 6.45) is 0. The molecule has 6 aromatic rings. The molecule has 4 aromatic heterocycles. The Kier molecular flexibility index (Phi) is 4.50. The normalized spacial score (nSPS) is 11.6. The van der Waals surface area contributed by atoms with Crippen molar-refractivity contribution in [3.05, 3.63) is 60.7 Å². The van der Waals surface area contributed by atoms with Crippen molar-refractivity contribution in [2.75, 3.05) is 5.08 Å². The molecule has 10 heteroatoms. The Morgan fingerprint density at radius 1 is 0.645 bits per heavy atom. The highest BCUT2D eigenvalue weighted by Gasteiger charge is 2.14. The van der Waals surface area contributed by atoms with E-state index in [4.69, 9.17) is 8.83 Å². The molecule has 0 radical (unpaired) electrons. The van der Waals surface area contributed by atoms with Crippen LogP contribution in [0.25, 0.3) is 45.0 Å². The molecule has 4 heterocycles. The largest absolute Gasteiger partial charge is 0.410 e. The predicted molar refractivity (Wildman–Crippen MR) is 120 cm³/mol. The molecule has 0 saturated carbocycles. The summed E-state index contributed by atoms with van der Waals surface area (Å²) >= 11 is 2.84. The standard InChI is InChI=1S/C21H14N6O2S2/c1-3-7-14-12(5-1)9-16(22-14)18-24-26-20(28-18)30-11-31-21-27-25-19(29-21)17-10-13-6-2-4-8-15(13)23-17/h1-10,22-23H,11H2. The van der Waals surface area contributed by atoms with Gasteiger partial charge < -0.3 is 18.8 Å². The van der Waals surface area contributed by atoms with Gasteiger partial charge in [0.05, 0.1) is 5.08 Å². The number of para-hydroxylation sites is 2. The zero-order chi connectivity index (χ0) is 20.6. The van der Waals surface area contributed by atoms with Crippen molar-refractivity contribution in [3.8, 4) is 23.2 Å². The summed E-state index contributed by atoms with van der Waals surface area (Å²) in [4.78, 5) is 6.58. The second-order valence-corrected chi connectivity index (χ2v) is 8.91. The summed E-state index contributed by atoms with van der Waals surface area (Å²) in [6, 6.07) is 20.0. The Morgan fingerprint density at radius 3 is 1.61 bits per heavy atom. The Bertz CT molecular complexity index is 1320.